The molecular weight excluding hydrogens is 272 g/mol. The molecule has 0 saturated carbocycles. The molecule has 0 radical (unpaired) electrons. The highest BCUT2D eigenvalue weighted by atomic mass is 16.8. The topological polar surface area (TPSA) is 148 Å². The van der Waals surface area contributed by atoms with Gasteiger partial charge in [-0.05, 0) is 18.2 Å². The highest BCUT2D eigenvalue weighted by Gasteiger charge is 2.12. The average Bonchev–Trinajstić information content (AvgIpc) is 2.87. The molecule has 0 unspecified atom stereocenters. The molecule has 1 aromatic carbocycles. The van der Waals surface area contributed by atoms with Crippen LogP contribution >= 0.6 is 0 Å². The van der Waals surface area contributed by atoms with E-state index in [1.54, 1.807) is 0 Å². The monoisotopic (exact) mass is 280 g/mol. The summed E-state index contributed by atoms with van der Waals surface area (Å²) < 4.78 is 1.04. The highest BCUT2D eigenvalue weighted by molar-refractivity contribution is 5.85. The summed E-state index contributed by atoms with van der Waals surface area (Å²) in [5.41, 5.74) is -0.710. The van der Waals surface area contributed by atoms with Gasteiger partial charge in [-0.3, -0.25) is 15.6 Å². The van der Waals surface area contributed by atoms with E-state index in [-0.39, 0.29) is 27.9 Å². The summed E-state index contributed by atoms with van der Waals surface area (Å²) in [6.45, 7) is 0. The molecule has 0 aliphatic carbocycles. The van der Waals surface area contributed by atoms with E-state index in [0.29, 0.717) is 0 Å². The standard InChI is InChI=1S/C10H9N4O6/c15-10(16)6-4-11-12(5-6)8-2-1-7(13(17)18)3-9(8)14(19)20/h1-5,17,19-20H,(H,15,16)/q-1/p-1. The van der Waals surface area contributed by atoms with Crippen molar-refractivity contribution in [2.45, 2.75) is 0 Å². The van der Waals surface area contributed by atoms with Gasteiger partial charge in [0, 0.05) is 11.8 Å². The molecule has 20 heavy (non-hydrogen) atoms. The summed E-state index contributed by atoms with van der Waals surface area (Å²) in [6, 6.07) is 3.37. The van der Waals surface area contributed by atoms with Gasteiger partial charge < -0.3 is 20.3 Å². The van der Waals surface area contributed by atoms with Crippen molar-refractivity contribution < 1.29 is 25.5 Å². The minimum atomic E-state index is -1.44. The number of aromatic carboxylic acids is 1. The number of carboxylic acid groups (broad SMARTS) is 1. The van der Waals surface area contributed by atoms with Crippen LogP contribution in [0, 0.1) is 5.21 Å². The van der Waals surface area contributed by atoms with E-state index in [2.05, 4.69) is 5.10 Å². The van der Waals surface area contributed by atoms with Gasteiger partial charge in [0.15, 0.2) is 0 Å². The number of nitrogens with zero attached hydrogens (tertiary/aromatic N) is 4. The van der Waals surface area contributed by atoms with Gasteiger partial charge in [-0.1, -0.05) is 0 Å². The zero-order chi connectivity index (χ0) is 14.9. The summed E-state index contributed by atoms with van der Waals surface area (Å²) >= 11 is 0. The number of rotatable bonds is 4. The van der Waals surface area contributed by atoms with Crippen LogP contribution in [0.5, 0.6) is 0 Å². The Morgan fingerprint density at radius 3 is 2.50 bits per heavy atom. The number of aromatic nitrogens is 2. The second-order valence-corrected chi connectivity index (χ2v) is 3.70. The maximum Gasteiger partial charge on any atom is 0.122 e. The number of benzene rings is 1. The van der Waals surface area contributed by atoms with Crippen molar-refractivity contribution in [3.05, 3.63) is 41.4 Å². The quantitative estimate of drug-likeness (QED) is 0.631. The third kappa shape index (κ3) is 2.53. The lowest BCUT2D eigenvalue weighted by Crippen LogP contribution is -2.21. The second-order valence-electron chi connectivity index (χ2n) is 3.70. The number of carbonyl (C=O) groups excluding carboxylic acids is 1. The van der Waals surface area contributed by atoms with Crippen LogP contribution < -0.4 is 15.6 Å². The molecule has 0 saturated heterocycles. The van der Waals surface area contributed by atoms with E-state index < -0.39 is 11.2 Å². The lowest BCUT2D eigenvalue weighted by Gasteiger charge is -2.23. The van der Waals surface area contributed by atoms with Gasteiger partial charge in [0.2, 0.25) is 0 Å². The zero-order valence-electron chi connectivity index (χ0n) is 9.74. The summed E-state index contributed by atoms with van der Waals surface area (Å²) in [4.78, 5) is 10.7. The minimum Gasteiger partial charge on any atom is -0.733 e. The third-order valence-electron chi connectivity index (χ3n) is 2.46. The van der Waals surface area contributed by atoms with Crippen LogP contribution in [0.3, 0.4) is 0 Å². The Hall–Kier alpha value is -2.66. The van der Waals surface area contributed by atoms with E-state index in [9.17, 15) is 15.1 Å². The largest absolute Gasteiger partial charge is 0.733 e. The van der Waals surface area contributed by atoms with Crippen LogP contribution in [0.25, 0.3) is 5.69 Å². The second kappa shape index (κ2) is 5.14. The van der Waals surface area contributed by atoms with Gasteiger partial charge in [-0.25, -0.2) is 4.68 Å². The predicted octanol–water partition coefficient (Wildman–Crippen LogP) is -0.486. The van der Waals surface area contributed by atoms with Crippen molar-refractivity contribution >= 4 is 17.3 Å². The first kappa shape index (κ1) is 13.8. The Morgan fingerprint density at radius 2 is 2.00 bits per heavy atom. The average molecular weight is 280 g/mol. The molecule has 0 atom stereocenters. The first-order chi connectivity index (χ1) is 9.40. The minimum absolute atomic E-state index is 0.0631. The zero-order valence-corrected chi connectivity index (χ0v) is 9.74. The number of hydrogen-bond acceptors (Lipinski definition) is 9. The molecule has 0 spiro atoms. The van der Waals surface area contributed by atoms with Crippen LogP contribution in [0.4, 0.5) is 11.4 Å². The third-order valence-corrected chi connectivity index (χ3v) is 2.46. The van der Waals surface area contributed by atoms with Gasteiger partial charge in [-0.15, -0.1) is 5.23 Å². The fourth-order valence-electron chi connectivity index (χ4n) is 1.54. The van der Waals surface area contributed by atoms with Crippen LogP contribution in [0.15, 0.2) is 30.6 Å². The van der Waals surface area contributed by atoms with Crippen LogP contribution in [-0.4, -0.2) is 31.4 Å². The highest BCUT2D eigenvalue weighted by Crippen LogP contribution is 2.27. The molecule has 1 aromatic heterocycles. The first-order valence-corrected chi connectivity index (χ1v) is 5.14. The van der Waals surface area contributed by atoms with Crippen molar-refractivity contribution in [1.29, 1.82) is 0 Å². The van der Waals surface area contributed by atoms with E-state index in [1.165, 1.54) is 12.1 Å². The molecule has 0 fully saturated rings. The molecule has 0 amide bonds. The molecule has 2 rings (SSSR count). The Morgan fingerprint density at radius 1 is 1.30 bits per heavy atom. The Labute approximate surface area is 111 Å². The molecule has 0 bridgehead atoms. The Balaban J connectivity index is 2.52. The van der Waals surface area contributed by atoms with Crippen molar-refractivity contribution in [2.75, 3.05) is 10.5 Å². The lowest BCUT2D eigenvalue weighted by molar-refractivity contribution is -0.255. The molecule has 1 heterocycles. The van der Waals surface area contributed by atoms with Crippen molar-refractivity contribution in [3.8, 4) is 5.69 Å². The molecule has 2 aromatic rings. The molecule has 106 valence electrons. The summed E-state index contributed by atoms with van der Waals surface area (Å²) in [6.07, 6.45) is 2.10. The van der Waals surface area contributed by atoms with Crippen molar-refractivity contribution in [3.63, 3.8) is 0 Å². The number of anilines is 2. The number of hydrogen-bond donors (Lipinski definition) is 3. The van der Waals surface area contributed by atoms with Gasteiger partial charge in [0.05, 0.1) is 23.5 Å². The maximum atomic E-state index is 10.7. The van der Waals surface area contributed by atoms with Crippen LogP contribution in [-0.2, 0) is 0 Å². The maximum absolute atomic E-state index is 10.7. The van der Waals surface area contributed by atoms with Gasteiger partial charge in [0.25, 0.3) is 0 Å². The Bertz CT molecular complexity index is 638. The van der Waals surface area contributed by atoms with Crippen molar-refractivity contribution in [1.82, 2.24) is 9.78 Å². The van der Waals surface area contributed by atoms with Gasteiger partial charge >= 0.3 is 0 Å². The molecular formula is C10H8N4O6-2. The fourth-order valence-corrected chi connectivity index (χ4v) is 1.54. The first-order valence-electron chi connectivity index (χ1n) is 5.14. The van der Waals surface area contributed by atoms with Gasteiger partial charge in [0.1, 0.15) is 5.69 Å². The normalized spacial score (nSPS) is 10.4. The molecule has 3 N–H and O–H groups in total. The molecule has 10 nitrogen and oxygen atoms in total. The fraction of sp³-hybridized carbons (Fsp3) is 0. The van der Waals surface area contributed by atoms with E-state index in [4.69, 9.17) is 15.6 Å². The summed E-state index contributed by atoms with van der Waals surface area (Å²) in [5, 5.41) is 51.3. The van der Waals surface area contributed by atoms with Crippen LogP contribution in [0.1, 0.15) is 10.4 Å². The van der Waals surface area contributed by atoms with Gasteiger partial charge in [-0.2, -0.15) is 5.10 Å². The Kier molecular flexibility index (Phi) is 3.54. The molecule has 0 aliphatic heterocycles. The van der Waals surface area contributed by atoms with E-state index >= 15 is 0 Å². The van der Waals surface area contributed by atoms with E-state index in [1.807, 2.05) is 0 Å². The van der Waals surface area contributed by atoms with Crippen LogP contribution in [0.2, 0.25) is 0 Å². The SMILES string of the molecule is O=C([O-])c1cnn(-c2ccc(N([O-])O)cc2N(O)O)c1. The van der Waals surface area contributed by atoms with Crippen molar-refractivity contribution in [2.24, 2.45) is 0 Å². The predicted molar refractivity (Wildman–Crippen MR) is 61.6 cm³/mol. The smallest absolute Gasteiger partial charge is 0.122 e. The summed E-state index contributed by atoms with van der Waals surface area (Å²) in [5.74, 6) is -1.44. The summed E-state index contributed by atoms with van der Waals surface area (Å²) in [7, 11) is 0. The van der Waals surface area contributed by atoms with E-state index in [0.717, 1.165) is 23.1 Å². The molecule has 10 heteroatoms. The number of carbonyl (C=O) groups is 1. The number of carboxylic acids is 1. The molecule has 0 aliphatic rings. The lowest BCUT2D eigenvalue weighted by atomic mass is 10.2.